The van der Waals surface area contributed by atoms with E-state index in [-0.39, 0.29) is 17.4 Å². The summed E-state index contributed by atoms with van der Waals surface area (Å²) in [6.07, 6.45) is 5.35. The van der Waals surface area contributed by atoms with Gasteiger partial charge in [0.1, 0.15) is 23.5 Å². The Kier molecular flexibility index (Phi) is 4.41. The Morgan fingerprint density at radius 3 is 2.75 bits per heavy atom. The molecule has 0 atom stereocenters. The first-order chi connectivity index (χ1) is 9.60. The molecule has 0 aromatic heterocycles. The van der Waals surface area contributed by atoms with E-state index in [1.165, 1.54) is 12.1 Å². The number of phenolic OH excluding ortho intramolecular Hbond substituents is 1. The van der Waals surface area contributed by atoms with Crippen molar-refractivity contribution >= 4 is 12.0 Å². The number of carbonyl (C=O) groups excluding carboxylic acids is 1. The lowest BCUT2D eigenvalue weighted by atomic mass is 10.1. The normalized spacial score (nSPS) is 15.9. The summed E-state index contributed by atoms with van der Waals surface area (Å²) in [7, 11) is 0. The highest BCUT2D eigenvalue weighted by molar-refractivity contribution is 5.98. The molecule has 1 aliphatic rings. The maximum atomic E-state index is 12.0. The molecule has 0 saturated heterocycles. The zero-order valence-corrected chi connectivity index (χ0v) is 11.4. The van der Waals surface area contributed by atoms with Crippen LogP contribution in [0.4, 0.5) is 0 Å². The molecule has 1 N–H and O–H groups in total. The van der Waals surface area contributed by atoms with E-state index in [0.29, 0.717) is 0 Å². The molecule has 2 rings (SSSR count). The van der Waals surface area contributed by atoms with Gasteiger partial charge in [-0.1, -0.05) is 6.07 Å². The molecule has 4 nitrogen and oxygen atoms in total. The number of hydrogen-bond acceptors (Lipinski definition) is 4. The molecule has 0 unspecified atom stereocenters. The van der Waals surface area contributed by atoms with Gasteiger partial charge >= 0.3 is 5.97 Å². The maximum absolute atomic E-state index is 12.0. The number of rotatable bonds is 3. The van der Waals surface area contributed by atoms with Gasteiger partial charge in [-0.15, -0.1) is 0 Å². The largest absolute Gasteiger partial charge is 0.508 e. The van der Waals surface area contributed by atoms with Crippen LogP contribution in [-0.2, 0) is 9.53 Å². The predicted molar refractivity (Wildman–Crippen MR) is 74.8 cm³/mol. The molecule has 0 radical (unpaired) electrons. The first-order valence-corrected chi connectivity index (χ1v) is 6.72. The Morgan fingerprint density at radius 2 is 2.15 bits per heavy atom. The summed E-state index contributed by atoms with van der Waals surface area (Å²) in [5, 5.41) is 18.5. The monoisotopic (exact) mass is 271 g/mol. The predicted octanol–water partition coefficient (Wildman–Crippen LogP) is 3.09. The number of aromatic hydroxyl groups is 1. The second-order valence-corrected chi connectivity index (χ2v) is 5.02. The van der Waals surface area contributed by atoms with E-state index >= 15 is 0 Å². The summed E-state index contributed by atoms with van der Waals surface area (Å²) in [6.45, 7) is 1.81. The van der Waals surface area contributed by atoms with Crippen LogP contribution < -0.4 is 0 Å². The third kappa shape index (κ3) is 3.39. The number of nitriles is 1. The molecular weight excluding hydrogens is 254 g/mol. The molecular formula is C16H17NO3. The minimum atomic E-state index is -0.563. The quantitative estimate of drug-likeness (QED) is 0.521. The first kappa shape index (κ1) is 14.1. The standard InChI is InChI=1S/C16H17NO3/c1-11-8-14(18)7-6-12(11)9-13(10-17)16(19)20-15-4-2-3-5-15/h6-9,15,18H,2-5H2,1H3. The van der Waals surface area contributed by atoms with Crippen molar-refractivity contribution in [3.05, 3.63) is 34.9 Å². The molecule has 0 amide bonds. The highest BCUT2D eigenvalue weighted by Gasteiger charge is 2.21. The van der Waals surface area contributed by atoms with Gasteiger partial charge in [0, 0.05) is 0 Å². The number of esters is 1. The summed E-state index contributed by atoms with van der Waals surface area (Å²) in [4.78, 5) is 12.0. The number of carbonyl (C=O) groups is 1. The number of benzene rings is 1. The van der Waals surface area contributed by atoms with Crippen molar-refractivity contribution in [2.75, 3.05) is 0 Å². The summed E-state index contributed by atoms with van der Waals surface area (Å²) >= 11 is 0. The lowest BCUT2D eigenvalue weighted by Gasteiger charge is -2.10. The fraction of sp³-hybridized carbons (Fsp3) is 0.375. The molecule has 1 fully saturated rings. The van der Waals surface area contributed by atoms with Crippen molar-refractivity contribution in [1.29, 1.82) is 5.26 Å². The van der Waals surface area contributed by atoms with Gasteiger partial charge in [-0.05, 0) is 61.9 Å². The van der Waals surface area contributed by atoms with Crippen LogP contribution in [0.15, 0.2) is 23.8 Å². The second kappa shape index (κ2) is 6.25. The van der Waals surface area contributed by atoms with Crippen molar-refractivity contribution in [2.45, 2.75) is 38.7 Å². The molecule has 104 valence electrons. The molecule has 1 aliphatic carbocycles. The third-order valence-corrected chi connectivity index (χ3v) is 3.47. The van der Waals surface area contributed by atoms with E-state index in [2.05, 4.69) is 0 Å². The van der Waals surface area contributed by atoms with Gasteiger partial charge in [-0.3, -0.25) is 0 Å². The Balaban J connectivity index is 2.16. The lowest BCUT2D eigenvalue weighted by molar-refractivity contribution is -0.143. The molecule has 1 saturated carbocycles. The summed E-state index contributed by atoms with van der Waals surface area (Å²) < 4.78 is 5.32. The molecule has 0 bridgehead atoms. The van der Waals surface area contributed by atoms with E-state index in [1.807, 2.05) is 13.0 Å². The van der Waals surface area contributed by atoms with Crippen molar-refractivity contribution in [3.8, 4) is 11.8 Å². The SMILES string of the molecule is Cc1cc(O)ccc1C=C(C#N)C(=O)OC1CCCC1. The third-order valence-electron chi connectivity index (χ3n) is 3.47. The topological polar surface area (TPSA) is 70.3 Å². The summed E-state index contributed by atoms with van der Waals surface area (Å²) in [5.74, 6) is -0.404. The van der Waals surface area contributed by atoms with Gasteiger partial charge in [0.2, 0.25) is 0 Å². The van der Waals surface area contributed by atoms with E-state index in [4.69, 9.17) is 10.00 Å². The molecule has 20 heavy (non-hydrogen) atoms. The van der Waals surface area contributed by atoms with Crippen LogP contribution >= 0.6 is 0 Å². The van der Waals surface area contributed by atoms with Crippen LogP contribution in [0.25, 0.3) is 6.08 Å². The fourth-order valence-electron chi connectivity index (χ4n) is 2.34. The van der Waals surface area contributed by atoms with Gasteiger partial charge in [0.05, 0.1) is 0 Å². The van der Waals surface area contributed by atoms with Crippen LogP contribution in [-0.4, -0.2) is 17.2 Å². The van der Waals surface area contributed by atoms with Crippen LogP contribution in [0, 0.1) is 18.3 Å². The summed E-state index contributed by atoms with van der Waals surface area (Å²) in [5.41, 5.74) is 1.51. The van der Waals surface area contributed by atoms with Crippen molar-refractivity contribution in [3.63, 3.8) is 0 Å². The van der Waals surface area contributed by atoms with Gasteiger partial charge in [-0.2, -0.15) is 5.26 Å². The fourth-order valence-corrected chi connectivity index (χ4v) is 2.34. The number of hydrogen-bond donors (Lipinski definition) is 1. The highest BCUT2D eigenvalue weighted by atomic mass is 16.5. The van der Waals surface area contributed by atoms with Gasteiger partial charge < -0.3 is 9.84 Å². The smallest absolute Gasteiger partial charge is 0.349 e. The number of aryl methyl sites for hydroxylation is 1. The average Bonchev–Trinajstić information content (AvgIpc) is 2.90. The van der Waals surface area contributed by atoms with Crippen LogP contribution in [0.5, 0.6) is 5.75 Å². The van der Waals surface area contributed by atoms with E-state index in [9.17, 15) is 9.90 Å². The van der Waals surface area contributed by atoms with Crippen molar-refractivity contribution in [2.24, 2.45) is 0 Å². The number of nitrogens with zero attached hydrogens (tertiary/aromatic N) is 1. The van der Waals surface area contributed by atoms with E-state index in [0.717, 1.165) is 36.8 Å². The van der Waals surface area contributed by atoms with Crippen LogP contribution in [0.2, 0.25) is 0 Å². The Bertz CT molecular complexity index is 578. The zero-order chi connectivity index (χ0) is 14.5. The maximum Gasteiger partial charge on any atom is 0.349 e. The summed E-state index contributed by atoms with van der Waals surface area (Å²) in [6, 6.07) is 6.67. The first-order valence-electron chi connectivity index (χ1n) is 6.72. The number of ether oxygens (including phenoxy) is 1. The highest BCUT2D eigenvalue weighted by Crippen LogP contribution is 2.23. The second-order valence-electron chi connectivity index (χ2n) is 5.02. The molecule has 1 aromatic rings. The molecule has 1 aromatic carbocycles. The molecule has 0 aliphatic heterocycles. The van der Waals surface area contributed by atoms with E-state index in [1.54, 1.807) is 12.1 Å². The van der Waals surface area contributed by atoms with Crippen molar-refractivity contribution in [1.82, 2.24) is 0 Å². The van der Waals surface area contributed by atoms with Crippen molar-refractivity contribution < 1.29 is 14.6 Å². The molecule has 0 heterocycles. The van der Waals surface area contributed by atoms with Crippen LogP contribution in [0.1, 0.15) is 36.8 Å². The Hall–Kier alpha value is -2.28. The van der Waals surface area contributed by atoms with Crippen LogP contribution in [0.3, 0.4) is 0 Å². The van der Waals surface area contributed by atoms with Gasteiger partial charge in [0.25, 0.3) is 0 Å². The van der Waals surface area contributed by atoms with E-state index < -0.39 is 5.97 Å². The minimum absolute atomic E-state index is 0.00862. The van der Waals surface area contributed by atoms with Gasteiger partial charge in [0.15, 0.2) is 0 Å². The zero-order valence-electron chi connectivity index (χ0n) is 11.4. The minimum Gasteiger partial charge on any atom is -0.508 e. The Labute approximate surface area is 118 Å². The number of phenols is 1. The molecule has 0 spiro atoms. The average molecular weight is 271 g/mol. The van der Waals surface area contributed by atoms with Gasteiger partial charge in [-0.25, -0.2) is 4.79 Å². The lowest BCUT2D eigenvalue weighted by Crippen LogP contribution is -2.15. The molecule has 4 heteroatoms. The Morgan fingerprint density at radius 1 is 1.45 bits per heavy atom.